The average Bonchev–Trinajstić information content (AvgIpc) is 3.19. The molecule has 1 heterocycles. The minimum absolute atomic E-state index is 0.0170. The second kappa shape index (κ2) is 13.4. The quantitative estimate of drug-likeness (QED) is 0.371. The summed E-state index contributed by atoms with van der Waals surface area (Å²) < 4.78 is 2.04. The van der Waals surface area contributed by atoms with Gasteiger partial charge in [0.2, 0.25) is 5.91 Å². The highest BCUT2D eigenvalue weighted by Gasteiger charge is 2.24. The molecule has 2 rings (SSSR count). The lowest BCUT2D eigenvalue weighted by Gasteiger charge is -2.30. The Kier molecular flexibility index (Phi) is 10.9. The summed E-state index contributed by atoms with van der Waals surface area (Å²) in [7, 11) is 1.99. The zero-order valence-corrected chi connectivity index (χ0v) is 23.1. The van der Waals surface area contributed by atoms with Gasteiger partial charge in [-0.25, -0.2) is 4.79 Å². The molecular weight excluding hydrogens is 436 g/mol. The first kappa shape index (κ1) is 28.5. The number of anilines is 1. The van der Waals surface area contributed by atoms with Gasteiger partial charge in [0, 0.05) is 37.7 Å². The molecule has 0 aliphatic heterocycles. The van der Waals surface area contributed by atoms with E-state index in [-0.39, 0.29) is 36.2 Å². The molecule has 1 aromatic carbocycles. The minimum atomic E-state index is -0.212. The molecule has 0 aliphatic carbocycles. The van der Waals surface area contributed by atoms with Crippen LogP contribution in [0.4, 0.5) is 10.5 Å². The van der Waals surface area contributed by atoms with E-state index in [2.05, 4.69) is 72.0 Å². The Morgan fingerprint density at radius 3 is 2.06 bits per heavy atom. The zero-order valence-electron chi connectivity index (χ0n) is 23.1. The third-order valence-electron chi connectivity index (χ3n) is 6.34. The first-order valence-corrected chi connectivity index (χ1v) is 13.1. The fourth-order valence-electron chi connectivity index (χ4n) is 4.30. The SMILES string of the molecule is CCCCN(Cc1cccn1C)C(=O)CN(CC(C)C)C(=O)Nc1c(C(C)C)cccc1C(C)C. The van der Waals surface area contributed by atoms with Crippen molar-refractivity contribution in [1.82, 2.24) is 14.4 Å². The van der Waals surface area contributed by atoms with Gasteiger partial charge < -0.3 is 19.7 Å². The van der Waals surface area contributed by atoms with Crippen molar-refractivity contribution in [3.05, 3.63) is 53.3 Å². The molecule has 3 amide bonds. The van der Waals surface area contributed by atoms with Crippen molar-refractivity contribution in [2.75, 3.05) is 25.0 Å². The van der Waals surface area contributed by atoms with E-state index in [4.69, 9.17) is 0 Å². The van der Waals surface area contributed by atoms with Gasteiger partial charge in [0.1, 0.15) is 6.54 Å². The molecule has 35 heavy (non-hydrogen) atoms. The first-order chi connectivity index (χ1) is 16.5. The number of benzene rings is 1. The van der Waals surface area contributed by atoms with Gasteiger partial charge in [-0.15, -0.1) is 0 Å². The number of hydrogen-bond donors (Lipinski definition) is 1. The topological polar surface area (TPSA) is 57.6 Å². The second-order valence-corrected chi connectivity index (χ2v) is 10.6. The fraction of sp³-hybridized carbons (Fsp3) is 0.586. The molecular formula is C29H46N4O2. The Balaban J connectivity index is 2.28. The van der Waals surface area contributed by atoms with Crippen molar-refractivity contribution in [2.45, 2.75) is 79.7 Å². The molecule has 0 radical (unpaired) electrons. The summed E-state index contributed by atoms with van der Waals surface area (Å²) in [6.07, 6.45) is 3.94. The molecule has 6 nitrogen and oxygen atoms in total. The van der Waals surface area contributed by atoms with Crippen LogP contribution in [-0.4, -0.2) is 45.9 Å². The van der Waals surface area contributed by atoms with Gasteiger partial charge in [0.15, 0.2) is 0 Å². The number of nitrogens with one attached hydrogen (secondary N) is 1. The highest BCUT2D eigenvalue weighted by Crippen LogP contribution is 2.32. The first-order valence-electron chi connectivity index (χ1n) is 13.1. The van der Waals surface area contributed by atoms with Crippen LogP contribution in [0.3, 0.4) is 0 Å². The molecule has 2 aromatic rings. The van der Waals surface area contributed by atoms with Crippen molar-refractivity contribution in [3.8, 4) is 0 Å². The Bertz CT molecular complexity index is 935. The van der Waals surface area contributed by atoms with E-state index in [1.54, 1.807) is 4.90 Å². The molecule has 1 aromatic heterocycles. The monoisotopic (exact) mass is 482 g/mol. The van der Waals surface area contributed by atoms with Crippen LogP contribution in [0.15, 0.2) is 36.5 Å². The van der Waals surface area contributed by atoms with Gasteiger partial charge in [-0.2, -0.15) is 0 Å². The van der Waals surface area contributed by atoms with Crippen LogP contribution in [0, 0.1) is 5.92 Å². The third kappa shape index (κ3) is 8.15. The number of aromatic nitrogens is 1. The van der Waals surface area contributed by atoms with Crippen molar-refractivity contribution < 1.29 is 9.59 Å². The molecule has 0 unspecified atom stereocenters. The van der Waals surface area contributed by atoms with Crippen molar-refractivity contribution >= 4 is 17.6 Å². The zero-order chi connectivity index (χ0) is 26.1. The second-order valence-electron chi connectivity index (χ2n) is 10.6. The van der Waals surface area contributed by atoms with Crippen LogP contribution in [0.5, 0.6) is 0 Å². The molecule has 0 atom stereocenters. The van der Waals surface area contributed by atoms with Crippen molar-refractivity contribution in [2.24, 2.45) is 13.0 Å². The average molecular weight is 483 g/mol. The van der Waals surface area contributed by atoms with Crippen LogP contribution < -0.4 is 5.32 Å². The molecule has 0 aliphatic rings. The van der Waals surface area contributed by atoms with Gasteiger partial charge in [-0.1, -0.05) is 73.1 Å². The van der Waals surface area contributed by atoms with Gasteiger partial charge in [0.25, 0.3) is 0 Å². The third-order valence-corrected chi connectivity index (χ3v) is 6.34. The van der Waals surface area contributed by atoms with E-state index >= 15 is 0 Å². The molecule has 0 saturated heterocycles. The number of rotatable bonds is 12. The van der Waals surface area contributed by atoms with Crippen LogP contribution in [0.1, 0.15) is 90.0 Å². The number of carbonyl (C=O) groups is 2. The van der Waals surface area contributed by atoms with E-state index in [1.807, 2.05) is 34.8 Å². The summed E-state index contributed by atoms with van der Waals surface area (Å²) in [4.78, 5) is 30.6. The smallest absolute Gasteiger partial charge is 0.322 e. The maximum absolute atomic E-state index is 13.6. The summed E-state index contributed by atoms with van der Waals surface area (Å²) in [5, 5.41) is 3.20. The maximum Gasteiger partial charge on any atom is 0.322 e. The van der Waals surface area contributed by atoms with E-state index in [0.29, 0.717) is 19.6 Å². The normalized spacial score (nSPS) is 11.4. The standard InChI is InChI=1S/C29H46N4O2/c1-9-10-17-32(19-24-13-12-16-31(24)8)27(34)20-33(18-21(2)3)29(35)30-28-25(22(4)5)14-11-15-26(28)23(6)7/h11-16,21-23H,9-10,17-20H2,1-8H3,(H,30,35). The van der Waals surface area contributed by atoms with Crippen LogP contribution in [0.25, 0.3) is 0 Å². The number of aryl methyl sites for hydroxylation is 1. The molecule has 0 saturated carbocycles. The van der Waals surface area contributed by atoms with Crippen molar-refractivity contribution in [1.29, 1.82) is 0 Å². The molecule has 1 N–H and O–H groups in total. The summed E-state index contributed by atoms with van der Waals surface area (Å²) in [5.41, 5.74) is 4.21. The Morgan fingerprint density at radius 1 is 0.943 bits per heavy atom. The number of para-hydroxylation sites is 1. The maximum atomic E-state index is 13.6. The molecule has 0 spiro atoms. The fourth-order valence-corrected chi connectivity index (χ4v) is 4.30. The highest BCUT2D eigenvalue weighted by atomic mass is 16.2. The summed E-state index contributed by atoms with van der Waals surface area (Å²) in [6, 6.07) is 10.0. The predicted molar refractivity (Wildman–Crippen MR) is 146 cm³/mol. The summed E-state index contributed by atoms with van der Waals surface area (Å²) in [6.45, 7) is 16.7. The highest BCUT2D eigenvalue weighted by molar-refractivity contribution is 5.94. The number of carbonyl (C=O) groups excluding carboxylic acids is 2. The molecule has 6 heteroatoms. The number of hydrogen-bond acceptors (Lipinski definition) is 2. The Morgan fingerprint density at radius 2 is 1.57 bits per heavy atom. The molecule has 0 bridgehead atoms. The molecule has 0 fully saturated rings. The van der Waals surface area contributed by atoms with Gasteiger partial charge in [0.05, 0.1) is 6.54 Å². The lowest BCUT2D eigenvalue weighted by molar-refractivity contribution is -0.132. The largest absolute Gasteiger partial charge is 0.353 e. The van der Waals surface area contributed by atoms with Crippen LogP contribution >= 0.6 is 0 Å². The lowest BCUT2D eigenvalue weighted by Crippen LogP contribution is -2.46. The number of unbranched alkanes of at least 4 members (excludes halogenated alkanes) is 1. The minimum Gasteiger partial charge on any atom is -0.353 e. The lowest BCUT2D eigenvalue weighted by atomic mass is 9.93. The van der Waals surface area contributed by atoms with Gasteiger partial charge in [-0.3, -0.25) is 4.79 Å². The number of nitrogens with zero attached hydrogens (tertiary/aromatic N) is 3. The number of amides is 3. The predicted octanol–water partition coefficient (Wildman–Crippen LogP) is 6.59. The van der Waals surface area contributed by atoms with Crippen molar-refractivity contribution in [3.63, 3.8) is 0 Å². The van der Waals surface area contributed by atoms with Gasteiger partial charge in [-0.05, 0) is 47.4 Å². The Hall–Kier alpha value is -2.76. The Labute approximate surface area is 212 Å². The van der Waals surface area contributed by atoms with E-state index in [1.165, 1.54) is 0 Å². The van der Waals surface area contributed by atoms with E-state index in [9.17, 15) is 9.59 Å². The number of urea groups is 1. The van der Waals surface area contributed by atoms with Crippen LogP contribution in [0.2, 0.25) is 0 Å². The van der Waals surface area contributed by atoms with Gasteiger partial charge >= 0.3 is 6.03 Å². The van der Waals surface area contributed by atoms with E-state index in [0.717, 1.165) is 35.3 Å². The summed E-state index contributed by atoms with van der Waals surface area (Å²) in [5.74, 6) is 0.783. The summed E-state index contributed by atoms with van der Waals surface area (Å²) >= 11 is 0. The van der Waals surface area contributed by atoms with E-state index < -0.39 is 0 Å². The molecule has 194 valence electrons. The van der Waals surface area contributed by atoms with Crippen LogP contribution in [-0.2, 0) is 18.4 Å².